The maximum Gasteiger partial charge on any atom is 0.123 e. The molecule has 1 aromatic carbocycles. The summed E-state index contributed by atoms with van der Waals surface area (Å²) in [4.78, 5) is 2.33. The highest BCUT2D eigenvalue weighted by atomic mass is 35.5. The molecule has 5 heteroatoms. The Morgan fingerprint density at radius 2 is 2.00 bits per heavy atom. The molecule has 0 bridgehead atoms. The third-order valence-corrected chi connectivity index (χ3v) is 4.84. The first-order chi connectivity index (χ1) is 10.2. The zero-order chi connectivity index (χ0) is 14.7. The molecule has 0 saturated carbocycles. The largest absolute Gasteiger partial charge is 0.381 e. The van der Waals surface area contributed by atoms with Gasteiger partial charge in [0, 0.05) is 43.3 Å². The highest BCUT2D eigenvalue weighted by Gasteiger charge is 2.36. The van der Waals surface area contributed by atoms with Gasteiger partial charge in [-0.2, -0.15) is 0 Å². The molecule has 0 radical (unpaired) electrons. The molecule has 2 saturated heterocycles. The van der Waals surface area contributed by atoms with Crippen LogP contribution in [0.5, 0.6) is 0 Å². The maximum atomic E-state index is 13.4. The van der Waals surface area contributed by atoms with Crippen LogP contribution >= 0.6 is 11.6 Å². The van der Waals surface area contributed by atoms with Crippen LogP contribution < -0.4 is 0 Å². The molecule has 0 aromatic heterocycles. The van der Waals surface area contributed by atoms with E-state index in [9.17, 15) is 4.39 Å². The lowest BCUT2D eigenvalue weighted by Crippen LogP contribution is -2.42. The van der Waals surface area contributed by atoms with Gasteiger partial charge in [0.05, 0.1) is 13.2 Å². The normalized spacial score (nSPS) is 23.1. The van der Waals surface area contributed by atoms with Crippen LogP contribution in [0.4, 0.5) is 4.39 Å². The molecule has 2 fully saturated rings. The average Bonchev–Trinajstić information content (AvgIpc) is 2.66. The van der Waals surface area contributed by atoms with E-state index in [1.54, 1.807) is 6.07 Å². The number of ether oxygens (including phenoxy) is 2. The van der Waals surface area contributed by atoms with Crippen LogP contribution in [0, 0.1) is 11.2 Å². The summed E-state index contributed by atoms with van der Waals surface area (Å²) in [6.45, 7) is 5.61. The van der Waals surface area contributed by atoms with Crippen LogP contribution in [-0.2, 0) is 16.0 Å². The van der Waals surface area contributed by atoms with E-state index in [2.05, 4.69) is 4.90 Å². The summed E-state index contributed by atoms with van der Waals surface area (Å²) in [5.74, 6) is -0.235. The molecule has 116 valence electrons. The van der Waals surface area contributed by atoms with Crippen LogP contribution in [0.15, 0.2) is 18.2 Å². The Morgan fingerprint density at radius 3 is 2.81 bits per heavy atom. The van der Waals surface area contributed by atoms with Crippen LogP contribution in [-0.4, -0.2) is 44.4 Å². The maximum absolute atomic E-state index is 13.4. The number of hydrogen-bond donors (Lipinski definition) is 0. The van der Waals surface area contributed by atoms with Gasteiger partial charge in [0.1, 0.15) is 5.82 Å². The zero-order valence-corrected chi connectivity index (χ0v) is 12.9. The second-order valence-corrected chi connectivity index (χ2v) is 6.52. The van der Waals surface area contributed by atoms with E-state index in [0.717, 1.165) is 57.9 Å². The van der Waals surface area contributed by atoms with E-state index < -0.39 is 0 Å². The highest BCUT2D eigenvalue weighted by molar-refractivity contribution is 6.31. The predicted molar refractivity (Wildman–Crippen MR) is 80.0 cm³/mol. The number of nitrogens with zero attached hydrogens (tertiary/aromatic N) is 1. The zero-order valence-electron chi connectivity index (χ0n) is 12.1. The SMILES string of the molecule is Fc1ccc(Cl)c(CN2CCOCC3(CCOCC3)C2)c1. The van der Waals surface area contributed by atoms with Gasteiger partial charge in [-0.05, 0) is 36.6 Å². The standard InChI is InChI=1S/C16H21ClFNO2/c17-15-2-1-14(18)9-13(15)10-19-5-8-21-12-16(11-19)3-6-20-7-4-16/h1-2,9H,3-8,10-12H2. The third-order valence-electron chi connectivity index (χ3n) is 4.47. The number of hydrogen-bond acceptors (Lipinski definition) is 3. The van der Waals surface area contributed by atoms with Gasteiger partial charge >= 0.3 is 0 Å². The van der Waals surface area contributed by atoms with Gasteiger partial charge in [0.15, 0.2) is 0 Å². The number of benzene rings is 1. The molecule has 21 heavy (non-hydrogen) atoms. The second-order valence-electron chi connectivity index (χ2n) is 6.11. The van der Waals surface area contributed by atoms with E-state index in [0.29, 0.717) is 11.6 Å². The topological polar surface area (TPSA) is 21.7 Å². The first-order valence-electron chi connectivity index (χ1n) is 7.49. The van der Waals surface area contributed by atoms with Crippen molar-refractivity contribution in [1.82, 2.24) is 4.90 Å². The van der Waals surface area contributed by atoms with Gasteiger partial charge in [-0.25, -0.2) is 4.39 Å². The molecule has 2 heterocycles. The Bertz CT molecular complexity index is 491. The van der Waals surface area contributed by atoms with E-state index in [-0.39, 0.29) is 11.2 Å². The van der Waals surface area contributed by atoms with Crippen molar-refractivity contribution in [2.45, 2.75) is 19.4 Å². The van der Waals surface area contributed by atoms with Gasteiger partial charge in [-0.15, -0.1) is 0 Å². The van der Waals surface area contributed by atoms with Crippen molar-refractivity contribution < 1.29 is 13.9 Å². The van der Waals surface area contributed by atoms with Crippen molar-refractivity contribution in [2.75, 3.05) is 39.5 Å². The Labute approximate surface area is 130 Å². The molecular weight excluding hydrogens is 293 g/mol. The second kappa shape index (κ2) is 6.61. The fraction of sp³-hybridized carbons (Fsp3) is 0.625. The molecule has 1 aromatic rings. The first kappa shape index (κ1) is 15.2. The predicted octanol–water partition coefficient (Wildman–Crippen LogP) is 3.11. The third kappa shape index (κ3) is 3.75. The summed E-state index contributed by atoms with van der Waals surface area (Å²) < 4.78 is 24.7. The summed E-state index contributed by atoms with van der Waals surface area (Å²) >= 11 is 6.19. The van der Waals surface area contributed by atoms with E-state index in [4.69, 9.17) is 21.1 Å². The van der Waals surface area contributed by atoms with E-state index in [1.165, 1.54) is 12.1 Å². The van der Waals surface area contributed by atoms with Crippen molar-refractivity contribution in [1.29, 1.82) is 0 Å². The molecule has 0 aliphatic carbocycles. The van der Waals surface area contributed by atoms with Gasteiger partial charge in [0.2, 0.25) is 0 Å². The fourth-order valence-corrected chi connectivity index (χ4v) is 3.41. The molecule has 0 N–H and O–H groups in total. The molecule has 0 unspecified atom stereocenters. The van der Waals surface area contributed by atoms with Crippen molar-refractivity contribution in [2.24, 2.45) is 5.41 Å². The van der Waals surface area contributed by atoms with Crippen molar-refractivity contribution in [3.05, 3.63) is 34.6 Å². The van der Waals surface area contributed by atoms with Gasteiger partial charge in [0.25, 0.3) is 0 Å². The fourth-order valence-electron chi connectivity index (χ4n) is 3.23. The summed E-state index contributed by atoms with van der Waals surface area (Å²) in [5.41, 5.74) is 1.02. The molecular formula is C16H21ClFNO2. The minimum atomic E-state index is -0.235. The Kier molecular flexibility index (Phi) is 4.79. The Hall–Kier alpha value is -0.680. The Morgan fingerprint density at radius 1 is 1.19 bits per heavy atom. The lowest BCUT2D eigenvalue weighted by molar-refractivity contribution is -0.0320. The lowest BCUT2D eigenvalue weighted by Gasteiger charge is -2.38. The number of rotatable bonds is 2. The van der Waals surface area contributed by atoms with Crippen LogP contribution in [0.2, 0.25) is 5.02 Å². The Balaban J connectivity index is 1.73. The van der Waals surface area contributed by atoms with Crippen molar-refractivity contribution in [3.8, 4) is 0 Å². The van der Waals surface area contributed by atoms with Crippen LogP contribution in [0.25, 0.3) is 0 Å². The van der Waals surface area contributed by atoms with Gasteiger partial charge < -0.3 is 9.47 Å². The highest BCUT2D eigenvalue weighted by Crippen LogP contribution is 2.34. The summed E-state index contributed by atoms with van der Waals surface area (Å²) in [5, 5.41) is 0.627. The first-order valence-corrected chi connectivity index (χ1v) is 7.87. The molecule has 2 aliphatic rings. The summed E-state index contributed by atoms with van der Waals surface area (Å²) in [7, 11) is 0. The number of halogens is 2. The van der Waals surface area contributed by atoms with Crippen LogP contribution in [0.3, 0.4) is 0 Å². The minimum absolute atomic E-state index is 0.175. The van der Waals surface area contributed by atoms with E-state index >= 15 is 0 Å². The molecule has 3 nitrogen and oxygen atoms in total. The van der Waals surface area contributed by atoms with Crippen LogP contribution in [0.1, 0.15) is 18.4 Å². The smallest absolute Gasteiger partial charge is 0.123 e. The molecule has 1 spiro atoms. The molecule has 3 rings (SSSR count). The minimum Gasteiger partial charge on any atom is -0.381 e. The van der Waals surface area contributed by atoms with Gasteiger partial charge in [-0.1, -0.05) is 11.6 Å². The quantitative estimate of drug-likeness (QED) is 0.837. The molecule has 2 aliphatic heterocycles. The van der Waals surface area contributed by atoms with Crippen molar-refractivity contribution in [3.63, 3.8) is 0 Å². The summed E-state index contributed by atoms with van der Waals surface area (Å²) in [6, 6.07) is 4.56. The molecule has 0 amide bonds. The average molecular weight is 314 g/mol. The molecule has 0 atom stereocenters. The summed E-state index contributed by atoms with van der Waals surface area (Å²) in [6.07, 6.45) is 2.06. The monoisotopic (exact) mass is 313 g/mol. The van der Waals surface area contributed by atoms with Gasteiger partial charge in [-0.3, -0.25) is 4.90 Å². The lowest BCUT2D eigenvalue weighted by atomic mass is 9.80. The van der Waals surface area contributed by atoms with E-state index in [1.807, 2.05) is 0 Å². The van der Waals surface area contributed by atoms with Crippen molar-refractivity contribution >= 4 is 11.6 Å².